The number of hydrogen-bond donors (Lipinski definition) is 1. The Labute approximate surface area is 239 Å². The highest BCUT2D eigenvalue weighted by Gasteiger charge is 2.12. The zero-order valence-corrected chi connectivity index (χ0v) is 23.2. The Balaban J connectivity index is 1.28. The van der Waals surface area contributed by atoms with Gasteiger partial charge in [-0.25, -0.2) is 9.97 Å². The molecule has 40 heavy (non-hydrogen) atoms. The lowest BCUT2D eigenvalue weighted by Crippen LogP contribution is -2.25. The van der Waals surface area contributed by atoms with E-state index in [-0.39, 0.29) is 5.91 Å². The summed E-state index contributed by atoms with van der Waals surface area (Å²) in [6, 6.07) is 36.1. The molecular formula is C33H31N5OS. The van der Waals surface area contributed by atoms with Crippen LogP contribution in [0.15, 0.2) is 121 Å². The zero-order chi connectivity index (χ0) is 27.6. The number of nitrogens with zero attached hydrogens (tertiary/aromatic N) is 4. The number of aromatic nitrogens is 3. The molecule has 5 aromatic rings. The number of anilines is 1. The molecule has 0 aliphatic carbocycles. The highest BCUT2D eigenvalue weighted by molar-refractivity contribution is 7.98. The van der Waals surface area contributed by atoms with Crippen LogP contribution in [-0.2, 0) is 18.7 Å². The van der Waals surface area contributed by atoms with Gasteiger partial charge in [0.15, 0.2) is 5.16 Å². The minimum absolute atomic E-state index is 0.0880. The molecule has 200 valence electrons. The van der Waals surface area contributed by atoms with Crippen molar-refractivity contribution in [2.45, 2.75) is 23.9 Å². The van der Waals surface area contributed by atoms with Gasteiger partial charge in [-0.3, -0.25) is 9.78 Å². The van der Waals surface area contributed by atoms with Gasteiger partial charge in [-0.2, -0.15) is 0 Å². The van der Waals surface area contributed by atoms with Gasteiger partial charge in [0.1, 0.15) is 5.82 Å². The van der Waals surface area contributed by atoms with Crippen molar-refractivity contribution in [3.63, 3.8) is 0 Å². The molecule has 0 bridgehead atoms. The summed E-state index contributed by atoms with van der Waals surface area (Å²) in [6.45, 7) is 1.28. The highest BCUT2D eigenvalue weighted by Crippen LogP contribution is 2.28. The summed E-state index contributed by atoms with van der Waals surface area (Å²) < 4.78 is 0. The third-order valence-electron chi connectivity index (χ3n) is 6.37. The molecule has 0 saturated heterocycles. The van der Waals surface area contributed by atoms with Crippen LogP contribution in [0.1, 0.15) is 27.2 Å². The predicted molar refractivity (Wildman–Crippen MR) is 162 cm³/mol. The van der Waals surface area contributed by atoms with E-state index >= 15 is 0 Å². The van der Waals surface area contributed by atoms with Crippen LogP contribution in [0, 0.1) is 0 Å². The number of carbonyl (C=O) groups is 1. The van der Waals surface area contributed by atoms with Gasteiger partial charge in [-0.05, 0) is 35.4 Å². The Bertz CT molecular complexity index is 1530. The molecule has 3 aromatic carbocycles. The average molecular weight is 546 g/mol. The van der Waals surface area contributed by atoms with Crippen molar-refractivity contribution < 1.29 is 4.79 Å². The SMILES string of the molecule is CN(Cc1ccccc1)c1cc(-c2ccccc2)nc(SCc2cccc(C(=O)NCCc3ccccn3)c2)n1. The van der Waals surface area contributed by atoms with E-state index in [1.165, 1.54) is 5.56 Å². The molecule has 0 atom stereocenters. The number of nitrogens with one attached hydrogen (secondary N) is 1. The van der Waals surface area contributed by atoms with E-state index in [0.717, 1.165) is 34.9 Å². The van der Waals surface area contributed by atoms with Gasteiger partial charge in [-0.1, -0.05) is 90.6 Å². The zero-order valence-electron chi connectivity index (χ0n) is 22.4. The molecule has 6 nitrogen and oxygen atoms in total. The van der Waals surface area contributed by atoms with E-state index < -0.39 is 0 Å². The summed E-state index contributed by atoms with van der Waals surface area (Å²) in [7, 11) is 2.05. The van der Waals surface area contributed by atoms with Gasteiger partial charge in [0.2, 0.25) is 0 Å². The Morgan fingerprint density at radius 3 is 2.35 bits per heavy atom. The van der Waals surface area contributed by atoms with E-state index in [4.69, 9.17) is 9.97 Å². The van der Waals surface area contributed by atoms with Crippen molar-refractivity contribution in [2.75, 3.05) is 18.5 Å². The average Bonchev–Trinajstić information content (AvgIpc) is 3.01. The van der Waals surface area contributed by atoms with Gasteiger partial charge in [0.25, 0.3) is 5.91 Å². The molecule has 2 heterocycles. The summed E-state index contributed by atoms with van der Waals surface area (Å²) in [5, 5.41) is 3.69. The summed E-state index contributed by atoms with van der Waals surface area (Å²) in [4.78, 5) is 29.0. The van der Waals surface area contributed by atoms with Gasteiger partial charge in [0, 0.05) is 61.4 Å². The number of thioether (sulfide) groups is 1. The smallest absolute Gasteiger partial charge is 0.251 e. The molecular weight excluding hydrogens is 514 g/mol. The minimum Gasteiger partial charge on any atom is -0.355 e. The van der Waals surface area contributed by atoms with Crippen LogP contribution < -0.4 is 10.2 Å². The Morgan fingerprint density at radius 2 is 1.57 bits per heavy atom. The monoisotopic (exact) mass is 545 g/mol. The van der Waals surface area contributed by atoms with Crippen molar-refractivity contribution in [1.82, 2.24) is 20.3 Å². The van der Waals surface area contributed by atoms with E-state index in [0.29, 0.717) is 29.4 Å². The fourth-order valence-corrected chi connectivity index (χ4v) is 5.07. The molecule has 2 aromatic heterocycles. The molecule has 7 heteroatoms. The lowest BCUT2D eigenvalue weighted by Gasteiger charge is -2.20. The van der Waals surface area contributed by atoms with Crippen molar-refractivity contribution >= 4 is 23.5 Å². The van der Waals surface area contributed by atoms with Crippen molar-refractivity contribution in [2.24, 2.45) is 0 Å². The van der Waals surface area contributed by atoms with E-state index in [9.17, 15) is 4.79 Å². The minimum atomic E-state index is -0.0880. The van der Waals surface area contributed by atoms with Crippen LogP contribution in [0.25, 0.3) is 11.3 Å². The number of amides is 1. The molecule has 1 amide bonds. The van der Waals surface area contributed by atoms with Crippen LogP contribution in [-0.4, -0.2) is 34.5 Å². The summed E-state index contributed by atoms with van der Waals surface area (Å²) in [5.74, 6) is 1.42. The molecule has 0 spiro atoms. The second-order valence-electron chi connectivity index (χ2n) is 9.42. The van der Waals surface area contributed by atoms with Crippen LogP contribution in [0.2, 0.25) is 0 Å². The topological polar surface area (TPSA) is 71.0 Å². The first kappa shape index (κ1) is 27.1. The summed E-state index contributed by atoms with van der Waals surface area (Å²) in [5.41, 5.74) is 5.78. The lowest BCUT2D eigenvalue weighted by atomic mass is 10.1. The molecule has 1 N–H and O–H groups in total. The van der Waals surface area contributed by atoms with Crippen LogP contribution >= 0.6 is 11.8 Å². The fraction of sp³-hybridized carbons (Fsp3) is 0.152. The van der Waals surface area contributed by atoms with Crippen LogP contribution in [0.4, 0.5) is 5.82 Å². The van der Waals surface area contributed by atoms with E-state index in [1.54, 1.807) is 18.0 Å². The first-order chi connectivity index (χ1) is 19.6. The molecule has 5 rings (SSSR count). The summed E-state index contributed by atoms with van der Waals surface area (Å²) in [6.07, 6.45) is 2.46. The molecule has 0 fully saturated rings. The van der Waals surface area contributed by atoms with E-state index in [2.05, 4.69) is 58.6 Å². The second kappa shape index (κ2) is 13.5. The van der Waals surface area contributed by atoms with Crippen LogP contribution in [0.3, 0.4) is 0 Å². The standard InChI is InChI=1S/C33H31N5OS/c1-38(23-25-11-4-2-5-12-25)31-22-30(27-14-6-3-7-15-27)36-33(37-31)40-24-26-13-10-16-28(21-26)32(39)35-20-18-29-17-8-9-19-34-29/h2-17,19,21-22H,18,20,23-24H2,1H3,(H,35,39). The normalized spacial score (nSPS) is 10.7. The lowest BCUT2D eigenvalue weighted by molar-refractivity contribution is 0.0954. The molecule has 0 aliphatic heterocycles. The number of hydrogen-bond acceptors (Lipinski definition) is 6. The predicted octanol–water partition coefficient (Wildman–Crippen LogP) is 6.44. The van der Waals surface area contributed by atoms with Crippen molar-refractivity contribution in [3.05, 3.63) is 138 Å². The quantitative estimate of drug-likeness (QED) is 0.152. The van der Waals surface area contributed by atoms with Crippen molar-refractivity contribution in [3.8, 4) is 11.3 Å². The maximum absolute atomic E-state index is 12.8. The molecule has 0 radical (unpaired) electrons. The first-order valence-corrected chi connectivity index (χ1v) is 14.2. The number of pyridine rings is 1. The van der Waals surface area contributed by atoms with Crippen LogP contribution in [0.5, 0.6) is 0 Å². The second-order valence-corrected chi connectivity index (χ2v) is 10.4. The van der Waals surface area contributed by atoms with E-state index in [1.807, 2.05) is 72.8 Å². The third kappa shape index (κ3) is 7.55. The molecule has 0 saturated carbocycles. The highest BCUT2D eigenvalue weighted by atomic mass is 32.2. The maximum Gasteiger partial charge on any atom is 0.251 e. The molecule has 0 unspecified atom stereocenters. The van der Waals surface area contributed by atoms with Gasteiger partial charge >= 0.3 is 0 Å². The van der Waals surface area contributed by atoms with Gasteiger partial charge in [0.05, 0.1) is 5.69 Å². The van der Waals surface area contributed by atoms with Gasteiger partial charge < -0.3 is 10.2 Å². The number of benzene rings is 3. The first-order valence-electron chi connectivity index (χ1n) is 13.2. The maximum atomic E-state index is 12.8. The Kier molecular flexibility index (Phi) is 9.17. The number of rotatable bonds is 11. The Hall–Kier alpha value is -4.49. The summed E-state index contributed by atoms with van der Waals surface area (Å²) >= 11 is 1.57. The largest absolute Gasteiger partial charge is 0.355 e. The third-order valence-corrected chi connectivity index (χ3v) is 7.28. The molecule has 0 aliphatic rings. The van der Waals surface area contributed by atoms with Gasteiger partial charge in [-0.15, -0.1) is 0 Å². The Morgan fingerprint density at radius 1 is 0.825 bits per heavy atom. The fourth-order valence-electron chi connectivity index (χ4n) is 4.27. The number of carbonyl (C=O) groups excluding carboxylic acids is 1. The van der Waals surface area contributed by atoms with Crippen molar-refractivity contribution in [1.29, 1.82) is 0 Å².